The molecule has 0 N–H and O–H groups in total. The van der Waals surface area contributed by atoms with Crippen molar-refractivity contribution in [3.05, 3.63) is 118 Å². The molecule has 0 aromatic heterocycles. The molecule has 0 amide bonds. The van der Waals surface area contributed by atoms with E-state index in [4.69, 9.17) is 0 Å². The lowest BCUT2D eigenvalue weighted by molar-refractivity contribution is -0.000162. The van der Waals surface area contributed by atoms with Gasteiger partial charge in [0.2, 0.25) is 0 Å². The third kappa shape index (κ3) is 2.19. The number of allylic oxidation sites excluding steroid dienone is 4. The van der Waals surface area contributed by atoms with Crippen LogP contribution in [0, 0.1) is 23.2 Å². The van der Waals surface area contributed by atoms with Crippen molar-refractivity contribution in [2.45, 2.75) is 68.9 Å². The normalized spacial score (nSPS) is 38.4. The molecule has 188 valence electrons. The number of fused-ring (bicyclic) bond motifs is 10. The summed E-state index contributed by atoms with van der Waals surface area (Å²) in [5, 5.41) is 0. The molecular formula is C37H35N. The van der Waals surface area contributed by atoms with E-state index >= 15 is 0 Å². The summed E-state index contributed by atoms with van der Waals surface area (Å²) in [6, 6.07) is 28.5. The predicted octanol–water partition coefficient (Wildman–Crippen LogP) is 8.43. The van der Waals surface area contributed by atoms with E-state index in [1.807, 2.05) is 0 Å². The highest BCUT2D eigenvalue weighted by Gasteiger charge is 2.72. The molecule has 3 bridgehead atoms. The van der Waals surface area contributed by atoms with E-state index in [9.17, 15) is 0 Å². The van der Waals surface area contributed by atoms with Crippen LogP contribution in [0.3, 0.4) is 0 Å². The summed E-state index contributed by atoms with van der Waals surface area (Å²) in [7, 11) is 0. The van der Waals surface area contributed by atoms with Gasteiger partial charge in [-0.15, -0.1) is 0 Å². The Morgan fingerprint density at radius 3 is 2.50 bits per heavy atom. The highest BCUT2D eigenvalue weighted by molar-refractivity contribution is 5.90. The van der Waals surface area contributed by atoms with Gasteiger partial charge in [0.15, 0.2) is 0 Å². The van der Waals surface area contributed by atoms with Gasteiger partial charge in [0, 0.05) is 17.8 Å². The Morgan fingerprint density at radius 1 is 0.737 bits per heavy atom. The van der Waals surface area contributed by atoms with Crippen molar-refractivity contribution in [2.75, 3.05) is 4.90 Å². The van der Waals surface area contributed by atoms with Gasteiger partial charge < -0.3 is 4.90 Å². The van der Waals surface area contributed by atoms with Crippen LogP contribution in [0.25, 0.3) is 5.57 Å². The zero-order valence-electron chi connectivity index (χ0n) is 22.1. The third-order valence-electron chi connectivity index (χ3n) is 12.6. The molecule has 1 aliphatic heterocycles. The lowest BCUT2D eigenvalue weighted by Crippen LogP contribution is -2.50. The van der Waals surface area contributed by atoms with E-state index in [1.165, 1.54) is 77.6 Å². The minimum absolute atomic E-state index is 0.229. The van der Waals surface area contributed by atoms with Crippen molar-refractivity contribution in [3.8, 4) is 0 Å². The highest BCUT2D eigenvalue weighted by Crippen LogP contribution is 2.78. The highest BCUT2D eigenvalue weighted by atomic mass is 15.2. The lowest BCUT2D eigenvalue weighted by Gasteiger charge is -2.50. The van der Waals surface area contributed by atoms with Gasteiger partial charge in [-0.3, -0.25) is 0 Å². The molecule has 6 atom stereocenters. The second-order valence-electron chi connectivity index (χ2n) is 13.9. The smallest absolute Gasteiger partial charge is 0.0733 e. The molecule has 10 rings (SSSR count). The van der Waals surface area contributed by atoms with E-state index in [0.29, 0.717) is 11.0 Å². The summed E-state index contributed by atoms with van der Waals surface area (Å²) in [5.41, 5.74) is 13.0. The van der Waals surface area contributed by atoms with E-state index in [-0.39, 0.29) is 5.41 Å². The van der Waals surface area contributed by atoms with Crippen LogP contribution >= 0.6 is 0 Å². The molecule has 1 heterocycles. The fraction of sp³-hybridized carbons (Fsp3) is 0.405. The minimum Gasteiger partial charge on any atom is -0.361 e. The van der Waals surface area contributed by atoms with E-state index in [0.717, 1.165) is 37.1 Å². The van der Waals surface area contributed by atoms with Crippen molar-refractivity contribution < 1.29 is 0 Å². The molecule has 0 saturated heterocycles. The maximum Gasteiger partial charge on any atom is 0.0733 e. The average Bonchev–Trinajstić information content (AvgIpc) is 3.39. The molecule has 4 fully saturated rings. The molecule has 38 heavy (non-hydrogen) atoms. The van der Waals surface area contributed by atoms with Gasteiger partial charge in [-0.1, -0.05) is 78.9 Å². The fourth-order valence-corrected chi connectivity index (χ4v) is 11.6. The van der Waals surface area contributed by atoms with E-state index in [2.05, 4.69) is 89.8 Å². The number of nitrogens with zero attached hydrogens (tertiary/aromatic N) is 1. The average molecular weight is 494 g/mol. The summed E-state index contributed by atoms with van der Waals surface area (Å²) in [4.78, 5) is 2.98. The molecule has 7 aliphatic rings. The molecule has 4 saturated carbocycles. The van der Waals surface area contributed by atoms with Crippen LogP contribution in [0.4, 0.5) is 5.69 Å². The number of rotatable bonds is 1. The number of para-hydroxylation sites is 1. The first kappa shape index (κ1) is 20.8. The Hall–Kier alpha value is -3.06. The number of benzene rings is 3. The Labute approximate surface area is 226 Å². The molecule has 1 heteroatoms. The molecule has 3 aromatic carbocycles. The standard InChI is InChI=1S/C37H35N/c1-4-12-30-25(9-1)22-38(35-19-24-17-26-18-27(21-35)36(26,20-24)23-35)34-16-8-7-15-33(34)37(30)31-13-5-2-10-28(31)29-11-3-6-14-32(29)37/h1-2,4-10,12-16,24,26-27H,3,11,17-23H2. The summed E-state index contributed by atoms with van der Waals surface area (Å²) < 4.78 is 0. The topological polar surface area (TPSA) is 3.24 Å². The molecular weight excluding hydrogens is 458 g/mol. The van der Waals surface area contributed by atoms with Gasteiger partial charge >= 0.3 is 0 Å². The van der Waals surface area contributed by atoms with Crippen molar-refractivity contribution in [3.63, 3.8) is 0 Å². The monoisotopic (exact) mass is 493 g/mol. The number of hydrogen-bond acceptors (Lipinski definition) is 1. The van der Waals surface area contributed by atoms with Crippen molar-refractivity contribution in [1.82, 2.24) is 0 Å². The summed E-state index contributed by atoms with van der Waals surface area (Å²) in [5.74, 6) is 2.95. The lowest BCUT2D eigenvalue weighted by atomic mass is 9.56. The van der Waals surface area contributed by atoms with Gasteiger partial charge in [-0.2, -0.15) is 0 Å². The zero-order chi connectivity index (χ0) is 24.7. The molecule has 3 aromatic rings. The first-order chi connectivity index (χ1) is 18.7. The summed E-state index contributed by atoms with van der Waals surface area (Å²) >= 11 is 0. The van der Waals surface area contributed by atoms with Crippen LogP contribution < -0.4 is 4.90 Å². The van der Waals surface area contributed by atoms with E-state index < -0.39 is 0 Å². The quantitative estimate of drug-likeness (QED) is 0.329. The van der Waals surface area contributed by atoms with Gasteiger partial charge in [-0.25, -0.2) is 0 Å². The van der Waals surface area contributed by atoms with Crippen molar-refractivity contribution >= 4 is 11.3 Å². The van der Waals surface area contributed by atoms with Crippen molar-refractivity contribution in [1.29, 1.82) is 0 Å². The number of anilines is 1. The summed E-state index contributed by atoms with van der Waals surface area (Å²) in [6.07, 6.45) is 16.1. The van der Waals surface area contributed by atoms with Crippen LogP contribution in [0.2, 0.25) is 0 Å². The fourth-order valence-electron chi connectivity index (χ4n) is 11.6. The zero-order valence-corrected chi connectivity index (χ0v) is 22.1. The maximum absolute atomic E-state index is 2.98. The Kier molecular flexibility index (Phi) is 3.70. The Bertz CT molecular complexity index is 1600. The van der Waals surface area contributed by atoms with Crippen LogP contribution in [-0.2, 0) is 12.0 Å². The minimum atomic E-state index is -0.229. The second-order valence-corrected chi connectivity index (χ2v) is 13.9. The largest absolute Gasteiger partial charge is 0.361 e. The van der Waals surface area contributed by atoms with Crippen LogP contribution in [0.1, 0.15) is 79.2 Å². The maximum atomic E-state index is 2.98. The first-order valence-corrected chi connectivity index (χ1v) is 15.2. The molecule has 6 aliphatic carbocycles. The second kappa shape index (κ2) is 6.74. The Balaban J connectivity index is 1.29. The van der Waals surface area contributed by atoms with Gasteiger partial charge in [0.1, 0.15) is 0 Å². The molecule has 6 unspecified atom stereocenters. The first-order valence-electron chi connectivity index (χ1n) is 15.2. The van der Waals surface area contributed by atoms with Crippen LogP contribution in [-0.4, -0.2) is 5.54 Å². The predicted molar refractivity (Wildman–Crippen MR) is 154 cm³/mol. The van der Waals surface area contributed by atoms with Gasteiger partial charge in [-0.05, 0) is 120 Å². The third-order valence-corrected chi connectivity index (χ3v) is 12.6. The molecule has 1 nitrogen and oxygen atoms in total. The molecule has 0 radical (unpaired) electrons. The van der Waals surface area contributed by atoms with Crippen molar-refractivity contribution in [2.24, 2.45) is 23.2 Å². The summed E-state index contributed by atoms with van der Waals surface area (Å²) in [6.45, 7) is 1.05. The van der Waals surface area contributed by atoms with Gasteiger partial charge in [0.05, 0.1) is 5.41 Å². The SMILES string of the molecule is C1=CC2=C(CC1)c1ccccc1C21c2ccccc2CN(C23CC4CC5CC(C2)C5(C4)C3)c2ccccc21. The van der Waals surface area contributed by atoms with Gasteiger partial charge in [0.25, 0.3) is 0 Å². The molecule has 2 spiro atoms. The van der Waals surface area contributed by atoms with E-state index in [1.54, 1.807) is 5.57 Å². The number of hydrogen-bond donors (Lipinski definition) is 0. The Morgan fingerprint density at radius 2 is 1.55 bits per heavy atom. The van der Waals surface area contributed by atoms with Crippen LogP contribution in [0.15, 0.2) is 90.5 Å². The van der Waals surface area contributed by atoms with Crippen LogP contribution in [0.5, 0.6) is 0 Å².